The summed E-state index contributed by atoms with van der Waals surface area (Å²) in [6.07, 6.45) is 1.32. The van der Waals surface area contributed by atoms with Crippen LogP contribution in [0.25, 0.3) is 0 Å². The SMILES string of the molecule is O=C(NCC(c1cccc(F)c1)N1CCOCC1)C1CCN(C(=O)c2cccs2)CC1. The van der Waals surface area contributed by atoms with E-state index in [1.165, 1.54) is 17.4 Å². The minimum absolute atomic E-state index is 0.0119. The quantitative estimate of drug-likeness (QED) is 0.743. The molecule has 2 amide bonds. The van der Waals surface area contributed by atoms with Crippen molar-refractivity contribution in [2.24, 2.45) is 5.92 Å². The number of piperidine rings is 1. The van der Waals surface area contributed by atoms with Gasteiger partial charge in [-0.15, -0.1) is 11.3 Å². The highest BCUT2D eigenvalue weighted by Crippen LogP contribution is 2.24. The number of rotatable bonds is 6. The molecule has 0 aliphatic carbocycles. The van der Waals surface area contributed by atoms with Crippen molar-refractivity contribution in [2.45, 2.75) is 18.9 Å². The van der Waals surface area contributed by atoms with Gasteiger partial charge in [0.2, 0.25) is 5.91 Å². The van der Waals surface area contributed by atoms with E-state index in [9.17, 15) is 14.0 Å². The number of carbonyl (C=O) groups excluding carboxylic acids is 2. The lowest BCUT2D eigenvalue weighted by atomic mass is 9.95. The number of hydrogen-bond donors (Lipinski definition) is 1. The van der Waals surface area contributed by atoms with E-state index in [1.54, 1.807) is 12.1 Å². The fourth-order valence-corrected chi connectivity index (χ4v) is 4.99. The van der Waals surface area contributed by atoms with E-state index in [0.717, 1.165) is 23.5 Å². The van der Waals surface area contributed by atoms with Gasteiger partial charge in [0.05, 0.1) is 24.1 Å². The Labute approximate surface area is 186 Å². The number of thiophene rings is 1. The number of nitrogens with zero attached hydrogens (tertiary/aromatic N) is 2. The fourth-order valence-electron chi connectivity index (χ4n) is 4.30. The van der Waals surface area contributed by atoms with Crippen molar-refractivity contribution in [3.8, 4) is 0 Å². The average Bonchev–Trinajstić information content (AvgIpc) is 3.34. The van der Waals surface area contributed by atoms with Crippen LogP contribution in [-0.2, 0) is 9.53 Å². The van der Waals surface area contributed by atoms with Crippen molar-refractivity contribution in [2.75, 3.05) is 45.9 Å². The van der Waals surface area contributed by atoms with Crippen LogP contribution in [0.1, 0.15) is 34.1 Å². The van der Waals surface area contributed by atoms with Crippen molar-refractivity contribution in [3.05, 3.63) is 58.0 Å². The predicted octanol–water partition coefficient (Wildman–Crippen LogP) is 2.93. The van der Waals surface area contributed by atoms with E-state index in [0.29, 0.717) is 45.7 Å². The number of amides is 2. The third-order valence-corrected chi connectivity index (χ3v) is 6.93. The van der Waals surface area contributed by atoms with Gasteiger partial charge in [0.1, 0.15) is 5.82 Å². The summed E-state index contributed by atoms with van der Waals surface area (Å²) < 4.78 is 19.3. The number of carbonyl (C=O) groups is 2. The van der Waals surface area contributed by atoms with E-state index in [-0.39, 0.29) is 29.6 Å². The van der Waals surface area contributed by atoms with Crippen molar-refractivity contribution < 1.29 is 18.7 Å². The topological polar surface area (TPSA) is 61.9 Å². The molecule has 2 aliphatic heterocycles. The van der Waals surface area contributed by atoms with Crippen LogP contribution in [0.15, 0.2) is 41.8 Å². The van der Waals surface area contributed by atoms with Gasteiger partial charge in [0.15, 0.2) is 0 Å². The molecule has 0 saturated carbocycles. The summed E-state index contributed by atoms with van der Waals surface area (Å²) in [6, 6.07) is 10.2. The molecule has 166 valence electrons. The lowest BCUT2D eigenvalue weighted by molar-refractivity contribution is -0.126. The summed E-state index contributed by atoms with van der Waals surface area (Å²) in [5.74, 6) is -0.319. The molecule has 1 aromatic carbocycles. The van der Waals surface area contributed by atoms with E-state index in [4.69, 9.17) is 4.74 Å². The number of halogens is 1. The van der Waals surface area contributed by atoms with Gasteiger partial charge < -0.3 is 15.0 Å². The number of ether oxygens (including phenoxy) is 1. The molecular formula is C23H28FN3O3S. The first-order valence-corrected chi connectivity index (χ1v) is 11.7. The molecule has 3 heterocycles. The summed E-state index contributed by atoms with van der Waals surface area (Å²) in [4.78, 5) is 30.2. The largest absolute Gasteiger partial charge is 0.379 e. The van der Waals surface area contributed by atoms with Crippen molar-refractivity contribution in [3.63, 3.8) is 0 Å². The van der Waals surface area contributed by atoms with E-state index >= 15 is 0 Å². The number of likely N-dealkylation sites (tertiary alicyclic amines) is 1. The summed E-state index contributed by atoms with van der Waals surface area (Å²) in [7, 11) is 0. The van der Waals surface area contributed by atoms with Gasteiger partial charge in [0, 0.05) is 38.6 Å². The Morgan fingerprint density at radius 2 is 1.90 bits per heavy atom. The first-order valence-electron chi connectivity index (χ1n) is 10.8. The van der Waals surface area contributed by atoms with Crippen molar-refractivity contribution >= 4 is 23.2 Å². The van der Waals surface area contributed by atoms with Gasteiger partial charge in [-0.1, -0.05) is 18.2 Å². The zero-order chi connectivity index (χ0) is 21.6. The number of benzene rings is 1. The molecule has 2 aromatic rings. The molecule has 2 aliphatic rings. The molecule has 1 atom stereocenters. The minimum atomic E-state index is -0.273. The maximum Gasteiger partial charge on any atom is 0.263 e. The smallest absolute Gasteiger partial charge is 0.263 e. The van der Waals surface area contributed by atoms with Crippen LogP contribution in [-0.4, -0.2) is 67.6 Å². The summed E-state index contributed by atoms with van der Waals surface area (Å²) in [5, 5.41) is 4.99. The molecule has 0 spiro atoms. The standard InChI is InChI=1S/C23H28FN3O3S/c24-19-4-1-3-18(15-19)20(26-10-12-30-13-11-26)16-25-22(28)17-6-8-27(9-7-17)23(29)21-5-2-14-31-21/h1-5,14-15,17,20H,6-13,16H2,(H,25,28). The first-order chi connectivity index (χ1) is 15.1. The molecule has 31 heavy (non-hydrogen) atoms. The first kappa shape index (κ1) is 21.9. The Bertz CT molecular complexity index is 878. The Kier molecular flexibility index (Phi) is 7.32. The maximum atomic E-state index is 13.8. The second-order valence-corrected chi connectivity index (χ2v) is 8.96. The van der Waals surface area contributed by atoms with E-state index in [2.05, 4.69) is 10.2 Å². The molecule has 0 bridgehead atoms. The molecule has 1 unspecified atom stereocenters. The van der Waals surface area contributed by atoms with Gasteiger partial charge in [-0.2, -0.15) is 0 Å². The predicted molar refractivity (Wildman–Crippen MR) is 117 cm³/mol. The van der Waals surface area contributed by atoms with Crippen LogP contribution >= 0.6 is 11.3 Å². The second kappa shape index (κ2) is 10.3. The lowest BCUT2D eigenvalue weighted by Gasteiger charge is -2.36. The highest BCUT2D eigenvalue weighted by molar-refractivity contribution is 7.12. The molecule has 0 radical (unpaired) electrons. The van der Waals surface area contributed by atoms with Crippen molar-refractivity contribution in [1.29, 1.82) is 0 Å². The second-order valence-electron chi connectivity index (χ2n) is 8.01. The van der Waals surface area contributed by atoms with Crippen LogP contribution in [0.4, 0.5) is 4.39 Å². The number of hydrogen-bond acceptors (Lipinski definition) is 5. The van der Waals surface area contributed by atoms with Gasteiger partial charge in [-0.05, 0) is 42.0 Å². The Balaban J connectivity index is 1.33. The van der Waals surface area contributed by atoms with Crippen LogP contribution in [0, 0.1) is 11.7 Å². The number of nitrogens with one attached hydrogen (secondary N) is 1. The van der Waals surface area contributed by atoms with Gasteiger partial charge in [0.25, 0.3) is 5.91 Å². The Morgan fingerprint density at radius 1 is 1.13 bits per heavy atom. The highest BCUT2D eigenvalue weighted by atomic mass is 32.1. The molecule has 2 fully saturated rings. The third kappa shape index (κ3) is 5.50. The molecule has 2 saturated heterocycles. The molecule has 6 nitrogen and oxygen atoms in total. The molecule has 1 N–H and O–H groups in total. The van der Waals surface area contributed by atoms with Crippen LogP contribution < -0.4 is 5.32 Å². The van der Waals surface area contributed by atoms with Crippen LogP contribution in [0.5, 0.6) is 0 Å². The Hall–Kier alpha value is -2.29. The van der Waals surface area contributed by atoms with Crippen LogP contribution in [0.2, 0.25) is 0 Å². The fraction of sp³-hybridized carbons (Fsp3) is 0.478. The maximum absolute atomic E-state index is 13.8. The lowest BCUT2D eigenvalue weighted by Crippen LogP contribution is -2.46. The zero-order valence-electron chi connectivity index (χ0n) is 17.5. The Morgan fingerprint density at radius 3 is 2.58 bits per heavy atom. The third-order valence-electron chi connectivity index (χ3n) is 6.07. The average molecular weight is 446 g/mol. The monoisotopic (exact) mass is 445 g/mol. The van der Waals surface area contributed by atoms with E-state index in [1.807, 2.05) is 28.5 Å². The van der Waals surface area contributed by atoms with Crippen LogP contribution in [0.3, 0.4) is 0 Å². The van der Waals surface area contributed by atoms with Gasteiger partial charge in [-0.3, -0.25) is 14.5 Å². The molecule has 8 heteroatoms. The van der Waals surface area contributed by atoms with E-state index < -0.39 is 0 Å². The van der Waals surface area contributed by atoms with Gasteiger partial charge >= 0.3 is 0 Å². The molecule has 4 rings (SSSR count). The molecular weight excluding hydrogens is 417 g/mol. The summed E-state index contributed by atoms with van der Waals surface area (Å²) in [6.45, 7) is 4.38. The highest BCUT2D eigenvalue weighted by Gasteiger charge is 2.29. The van der Waals surface area contributed by atoms with Gasteiger partial charge in [-0.25, -0.2) is 4.39 Å². The van der Waals surface area contributed by atoms with Crippen molar-refractivity contribution in [1.82, 2.24) is 15.1 Å². The molecule has 1 aromatic heterocycles. The number of morpholine rings is 1. The minimum Gasteiger partial charge on any atom is -0.379 e. The summed E-state index contributed by atoms with van der Waals surface area (Å²) in [5.41, 5.74) is 0.860. The zero-order valence-corrected chi connectivity index (χ0v) is 18.3. The summed E-state index contributed by atoms with van der Waals surface area (Å²) >= 11 is 1.44. The normalized spacial score (nSPS) is 19.2.